The molecule has 0 aliphatic rings. The van der Waals surface area contributed by atoms with Gasteiger partial charge in [0.2, 0.25) is 0 Å². The number of allylic oxidation sites excluding steroid dienone is 1. The van der Waals surface area contributed by atoms with Gasteiger partial charge < -0.3 is 10.2 Å². The van der Waals surface area contributed by atoms with E-state index in [4.69, 9.17) is 0 Å². The van der Waals surface area contributed by atoms with Gasteiger partial charge in [0, 0.05) is 22.7 Å². The summed E-state index contributed by atoms with van der Waals surface area (Å²) < 4.78 is 29.0. The molecule has 0 spiro atoms. The maximum atomic E-state index is 14.6. The molecule has 1 atom stereocenters. The first-order valence-electron chi connectivity index (χ1n) is 8.74. The highest BCUT2D eigenvalue weighted by Gasteiger charge is 2.14. The first-order valence-corrected chi connectivity index (χ1v) is 8.74. The van der Waals surface area contributed by atoms with Gasteiger partial charge in [-0.2, -0.15) is 4.98 Å². The quantitative estimate of drug-likeness (QED) is 0.609. The third-order valence-corrected chi connectivity index (χ3v) is 4.28. The maximum absolute atomic E-state index is 14.6. The van der Waals surface area contributed by atoms with Crippen LogP contribution in [0.1, 0.15) is 31.7 Å². The van der Waals surface area contributed by atoms with Crippen LogP contribution in [0.5, 0.6) is 6.01 Å². The number of hydrogen-bond acceptors (Lipinski definition) is 4. The van der Waals surface area contributed by atoms with Crippen molar-refractivity contribution in [3.63, 3.8) is 0 Å². The Morgan fingerprint density at radius 3 is 2.74 bits per heavy atom. The smallest absolute Gasteiger partial charge is 0.314 e. The Balaban J connectivity index is 1.84. The molecular weight excluding hydrogens is 350 g/mol. The van der Waals surface area contributed by atoms with Crippen LogP contribution < -0.4 is 0 Å². The number of aliphatic hydroxyl groups is 1. The summed E-state index contributed by atoms with van der Waals surface area (Å²) in [6.07, 6.45) is 6.55. The van der Waals surface area contributed by atoms with Crippen molar-refractivity contribution in [1.29, 1.82) is 0 Å². The molecule has 4 nitrogen and oxygen atoms in total. The summed E-state index contributed by atoms with van der Waals surface area (Å²) in [4.78, 5) is 7.58. The van der Waals surface area contributed by atoms with Crippen molar-refractivity contribution in [2.45, 2.75) is 32.3 Å². The van der Waals surface area contributed by atoms with Crippen LogP contribution in [0.25, 0.3) is 28.1 Å². The van der Waals surface area contributed by atoms with Gasteiger partial charge in [0.15, 0.2) is 11.6 Å². The van der Waals surface area contributed by atoms with Crippen molar-refractivity contribution < 1.29 is 19.0 Å². The SMILES string of the molecule is CC(O)CCC/C=C/c1ccc(-c2ccc3nc(O)ncc3c2)c(F)c1F. The molecule has 2 aromatic carbocycles. The molecule has 6 heteroatoms. The van der Waals surface area contributed by atoms with E-state index in [0.717, 1.165) is 6.42 Å². The van der Waals surface area contributed by atoms with E-state index < -0.39 is 11.6 Å². The van der Waals surface area contributed by atoms with Gasteiger partial charge in [-0.3, -0.25) is 0 Å². The summed E-state index contributed by atoms with van der Waals surface area (Å²) >= 11 is 0. The topological polar surface area (TPSA) is 66.2 Å². The van der Waals surface area contributed by atoms with Gasteiger partial charge in [0.1, 0.15) is 0 Å². The minimum Gasteiger partial charge on any atom is -0.479 e. The number of rotatable bonds is 6. The van der Waals surface area contributed by atoms with Crippen LogP contribution in [0.2, 0.25) is 0 Å². The number of fused-ring (bicyclic) bond motifs is 1. The minimum absolute atomic E-state index is 0.147. The molecule has 3 aromatic rings. The van der Waals surface area contributed by atoms with Gasteiger partial charge in [-0.05, 0) is 43.9 Å². The van der Waals surface area contributed by atoms with Gasteiger partial charge in [-0.15, -0.1) is 0 Å². The number of halogens is 2. The molecule has 2 N–H and O–H groups in total. The number of aromatic nitrogens is 2. The monoisotopic (exact) mass is 370 g/mol. The maximum Gasteiger partial charge on any atom is 0.314 e. The van der Waals surface area contributed by atoms with Gasteiger partial charge in [0.25, 0.3) is 0 Å². The highest BCUT2D eigenvalue weighted by atomic mass is 19.2. The summed E-state index contributed by atoms with van der Waals surface area (Å²) in [7, 11) is 0. The Hall–Kier alpha value is -2.86. The van der Waals surface area contributed by atoms with Crippen LogP contribution in [0.15, 0.2) is 42.6 Å². The Morgan fingerprint density at radius 2 is 1.96 bits per heavy atom. The third-order valence-electron chi connectivity index (χ3n) is 4.28. The van der Waals surface area contributed by atoms with E-state index in [2.05, 4.69) is 9.97 Å². The van der Waals surface area contributed by atoms with E-state index in [1.165, 1.54) is 18.3 Å². The van der Waals surface area contributed by atoms with Crippen molar-refractivity contribution in [2.24, 2.45) is 0 Å². The second kappa shape index (κ2) is 8.22. The van der Waals surface area contributed by atoms with E-state index >= 15 is 0 Å². The highest BCUT2D eigenvalue weighted by molar-refractivity contribution is 5.84. The second-order valence-corrected chi connectivity index (χ2v) is 6.46. The fourth-order valence-corrected chi connectivity index (χ4v) is 2.85. The number of hydrogen-bond donors (Lipinski definition) is 2. The summed E-state index contributed by atoms with van der Waals surface area (Å²) in [5, 5.41) is 19.1. The van der Waals surface area contributed by atoms with Crippen molar-refractivity contribution >= 4 is 17.0 Å². The molecule has 0 bridgehead atoms. The van der Waals surface area contributed by atoms with Gasteiger partial charge >= 0.3 is 6.01 Å². The van der Waals surface area contributed by atoms with Crippen LogP contribution in [-0.4, -0.2) is 26.3 Å². The number of unbranched alkanes of at least 4 members (excludes halogenated alkanes) is 1. The molecule has 27 heavy (non-hydrogen) atoms. The molecule has 140 valence electrons. The van der Waals surface area contributed by atoms with Gasteiger partial charge in [-0.1, -0.05) is 30.4 Å². The molecule has 0 amide bonds. The summed E-state index contributed by atoms with van der Waals surface area (Å²) in [6, 6.07) is 7.64. The van der Waals surface area contributed by atoms with Gasteiger partial charge in [0.05, 0.1) is 11.6 Å². The second-order valence-electron chi connectivity index (χ2n) is 6.46. The Labute approximate surface area is 155 Å². The predicted octanol–water partition coefficient (Wildman–Crippen LogP) is 4.84. The van der Waals surface area contributed by atoms with Crippen LogP contribution in [-0.2, 0) is 0 Å². The number of aliphatic hydroxyl groups excluding tert-OH is 1. The van der Waals surface area contributed by atoms with E-state index in [0.29, 0.717) is 29.3 Å². The zero-order chi connectivity index (χ0) is 19.4. The summed E-state index contributed by atoms with van der Waals surface area (Å²) in [5.41, 5.74) is 1.35. The lowest BCUT2D eigenvalue weighted by molar-refractivity contribution is 0.182. The van der Waals surface area contributed by atoms with E-state index in [9.17, 15) is 19.0 Å². The molecule has 0 fully saturated rings. The number of benzene rings is 2. The minimum atomic E-state index is -0.917. The molecule has 0 saturated carbocycles. The number of nitrogens with zero attached hydrogens (tertiary/aromatic N) is 2. The van der Waals surface area contributed by atoms with Crippen LogP contribution in [0.4, 0.5) is 8.78 Å². The lowest BCUT2D eigenvalue weighted by Crippen LogP contribution is -1.97. The Bertz CT molecular complexity index is 987. The van der Waals surface area contributed by atoms with Crippen molar-refractivity contribution in [3.8, 4) is 17.1 Å². The average molecular weight is 370 g/mol. The van der Waals surface area contributed by atoms with Gasteiger partial charge in [-0.25, -0.2) is 13.8 Å². The normalized spacial score (nSPS) is 12.7. The number of aromatic hydroxyl groups is 1. The molecular formula is C21H20F2N2O2. The van der Waals surface area contributed by atoms with E-state index in [1.807, 2.05) is 0 Å². The Kier molecular flexibility index (Phi) is 5.76. The molecule has 1 heterocycles. The standard InChI is InChI=1S/C21H20F2N2O2/c1-13(26)5-3-2-4-6-14-7-9-17(20(23)19(14)22)15-8-10-18-16(11-15)12-24-21(27)25-18/h4,6-13,26H,2-3,5H2,1H3,(H,24,25,27)/b6-4+. The Morgan fingerprint density at radius 1 is 1.15 bits per heavy atom. The fraction of sp³-hybridized carbons (Fsp3) is 0.238. The molecule has 0 aliphatic heterocycles. The molecule has 0 radical (unpaired) electrons. The predicted molar refractivity (Wildman–Crippen MR) is 101 cm³/mol. The van der Waals surface area contributed by atoms with Crippen LogP contribution in [0, 0.1) is 11.6 Å². The zero-order valence-corrected chi connectivity index (χ0v) is 14.9. The first kappa shape index (κ1) is 18.9. The first-order chi connectivity index (χ1) is 13.0. The molecule has 0 saturated heterocycles. The largest absolute Gasteiger partial charge is 0.479 e. The van der Waals surface area contributed by atoms with Crippen LogP contribution in [0.3, 0.4) is 0 Å². The third kappa shape index (κ3) is 4.46. The molecule has 1 unspecified atom stereocenters. The molecule has 1 aromatic heterocycles. The highest BCUT2D eigenvalue weighted by Crippen LogP contribution is 2.29. The van der Waals surface area contributed by atoms with Crippen molar-refractivity contribution in [3.05, 3.63) is 59.8 Å². The van der Waals surface area contributed by atoms with E-state index in [-0.39, 0.29) is 23.2 Å². The molecule has 3 rings (SSSR count). The van der Waals surface area contributed by atoms with Crippen molar-refractivity contribution in [2.75, 3.05) is 0 Å². The summed E-state index contributed by atoms with van der Waals surface area (Å²) in [5.74, 6) is -1.82. The van der Waals surface area contributed by atoms with Crippen molar-refractivity contribution in [1.82, 2.24) is 9.97 Å². The average Bonchev–Trinajstić information content (AvgIpc) is 2.64. The van der Waals surface area contributed by atoms with E-state index in [1.54, 1.807) is 37.3 Å². The summed E-state index contributed by atoms with van der Waals surface area (Å²) in [6.45, 7) is 1.72. The lowest BCUT2D eigenvalue weighted by atomic mass is 10.0. The lowest BCUT2D eigenvalue weighted by Gasteiger charge is -2.08. The zero-order valence-electron chi connectivity index (χ0n) is 14.9. The molecule has 0 aliphatic carbocycles. The fourth-order valence-electron chi connectivity index (χ4n) is 2.85. The van der Waals surface area contributed by atoms with Crippen LogP contribution >= 0.6 is 0 Å².